The lowest BCUT2D eigenvalue weighted by molar-refractivity contribution is 0.0697. The van der Waals surface area contributed by atoms with E-state index in [1.54, 1.807) is 0 Å². The van der Waals surface area contributed by atoms with E-state index < -0.39 is 16.0 Å². The minimum absolute atomic E-state index is 0.0163. The van der Waals surface area contributed by atoms with Crippen LogP contribution in [-0.4, -0.2) is 36.9 Å². The standard InChI is InChI=1S/C13H21NO4S2/c1-9(2)6-14(7-10(3)4)20(17,18)12-5-11(8-19-12)13(15)16/h5,8-10H,6-7H2,1-4H3,(H,15,16). The van der Waals surface area contributed by atoms with Gasteiger partial charge in [0.15, 0.2) is 0 Å². The van der Waals surface area contributed by atoms with E-state index in [1.807, 2.05) is 27.7 Å². The van der Waals surface area contributed by atoms with Crippen LogP contribution in [0.5, 0.6) is 0 Å². The van der Waals surface area contributed by atoms with Gasteiger partial charge in [-0.05, 0) is 17.9 Å². The number of rotatable bonds is 7. The third kappa shape index (κ3) is 4.29. The molecule has 7 heteroatoms. The second kappa shape index (κ2) is 6.69. The zero-order valence-corrected chi connectivity index (χ0v) is 13.8. The molecule has 0 aliphatic rings. The Labute approximate surface area is 124 Å². The van der Waals surface area contributed by atoms with Gasteiger partial charge in [0.2, 0.25) is 0 Å². The quantitative estimate of drug-likeness (QED) is 0.838. The molecule has 20 heavy (non-hydrogen) atoms. The van der Waals surface area contributed by atoms with E-state index in [4.69, 9.17) is 5.11 Å². The Morgan fingerprint density at radius 1 is 1.25 bits per heavy atom. The molecule has 1 rings (SSSR count). The van der Waals surface area contributed by atoms with Crippen LogP contribution < -0.4 is 0 Å². The monoisotopic (exact) mass is 319 g/mol. The first kappa shape index (κ1) is 17.1. The Hall–Kier alpha value is -0.920. The average molecular weight is 319 g/mol. The van der Waals surface area contributed by atoms with E-state index in [0.29, 0.717) is 13.1 Å². The van der Waals surface area contributed by atoms with Crippen molar-refractivity contribution < 1.29 is 18.3 Å². The summed E-state index contributed by atoms with van der Waals surface area (Å²) < 4.78 is 26.7. The maximum Gasteiger partial charge on any atom is 0.336 e. The minimum Gasteiger partial charge on any atom is -0.478 e. The number of hydrogen-bond acceptors (Lipinski definition) is 4. The van der Waals surface area contributed by atoms with Crippen molar-refractivity contribution in [2.24, 2.45) is 11.8 Å². The van der Waals surface area contributed by atoms with Crippen molar-refractivity contribution in [3.05, 3.63) is 17.0 Å². The Balaban J connectivity index is 3.10. The largest absolute Gasteiger partial charge is 0.478 e. The molecule has 1 N–H and O–H groups in total. The molecule has 0 aromatic carbocycles. The third-order valence-electron chi connectivity index (χ3n) is 2.55. The lowest BCUT2D eigenvalue weighted by Gasteiger charge is -2.24. The molecule has 1 heterocycles. The number of sulfonamides is 1. The van der Waals surface area contributed by atoms with E-state index in [2.05, 4.69) is 0 Å². The van der Waals surface area contributed by atoms with Crippen LogP contribution in [0.3, 0.4) is 0 Å². The zero-order valence-electron chi connectivity index (χ0n) is 12.2. The molecule has 0 amide bonds. The number of thiophene rings is 1. The van der Waals surface area contributed by atoms with Crippen molar-refractivity contribution in [3.63, 3.8) is 0 Å². The van der Waals surface area contributed by atoms with Crippen molar-refractivity contribution in [3.8, 4) is 0 Å². The lowest BCUT2D eigenvalue weighted by atomic mass is 10.2. The summed E-state index contributed by atoms with van der Waals surface area (Å²) >= 11 is 0.957. The summed E-state index contributed by atoms with van der Waals surface area (Å²) in [6.07, 6.45) is 0. The van der Waals surface area contributed by atoms with Crippen LogP contribution in [0.2, 0.25) is 0 Å². The summed E-state index contributed by atoms with van der Waals surface area (Å²) in [6.45, 7) is 8.70. The highest BCUT2D eigenvalue weighted by molar-refractivity contribution is 7.91. The molecule has 5 nitrogen and oxygen atoms in total. The van der Waals surface area contributed by atoms with Crippen LogP contribution in [-0.2, 0) is 10.0 Å². The Morgan fingerprint density at radius 2 is 1.75 bits per heavy atom. The summed E-state index contributed by atoms with van der Waals surface area (Å²) in [6, 6.07) is 1.23. The van der Waals surface area contributed by atoms with Gasteiger partial charge >= 0.3 is 5.97 Å². The summed E-state index contributed by atoms with van der Waals surface area (Å²) in [5.41, 5.74) is 0.0163. The molecule has 0 atom stereocenters. The fourth-order valence-corrected chi connectivity index (χ4v) is 4.85. The summed E-state index contributed by atoms with van der Waals surface area (Å²) in [5, 5.41) is 10.3. The summed E-state index contributed by atoms with van der Waals surface area (Å²) in [7, 11) is -3.62. The first-order valence-corrected chi connectivity index (χ1v) is 8.78. The molecule has 0 unspecified atom stereocenters. The van der Waals surface area contributed by atoms with E-state index in [0.717, 1.165) is 11.3 Å². The van der Waals surface area contributed by atoms with Crippen molar-refractivity contribution in [1.29, 1.82) is 0 Å². The first-order chi connectivity index (χ1) is 9.14. The van der Waals surface area contributed by atoms with Crippen LogP contribution in [0.25, 0.3) is 0 Å². The molecule has 1 aromatic rings. The molecule has 114 valence electrons. The van der Waals surface area contributed by atoms with Gasteiger partial charge in [0.05, 0.1) is 5.56 Å². The maximum absolute atomic E-state index is 12.6. The van der Waals surface area contributed by atoms with E-state index in [9.17, 15) is 13.2 Å². The molecule has 1 aromatic heterocycles. The first-order valence-electron chi connectivity index (χ1n) is 6.46. The van der Waals surface area contributed by atoms with Gasteiger partial charge in [-0.3, -0.25) is 0 Å². The van der Waals surface area contributed by atoms with Crippen molar-refractivity contribution in [2.75, 3.05) is 13.1 Å². The van der Waals surface area contributed by atoms with Gasteiger partial charge in [-0.15, -0.1) is 11.3 Å². The van der Waals surface area contributed by atoms with Crippen LogP contribution in [0, 0.1) is 11.8 Å². The SMILES string of the molecule is CC(C)CN(CC(C)C)S(=O)(=O)c1cc(C(=O)O)cs1. The average Bonchev–Trinajstić information content (AvgIpc) is 2.76. The number of hydrogen-bond donors (Lipinski definition) is 1. The predicted molar refractivity (Wildman–Crippen MR) is 79.7 cm³/mol. The molecule has 0 saturated heterocycles. The topological polar surface area (TPSA) is 74.7 Å². The number of carboxylic acids is 1. The molecule has 0 saturated carbocycles. The van der Waals surface area contributed by atoms with Gasteiger partial charge in [-0.1, -0.05) is 27.7 Å². The van der Waals surface area contributed by atoms with Crippen LogP contribution >= 0.6 is 11.3 Å². The molecule has 0 spiro atoms. The predicted octanol–water partition coefficient (Wildman–Crippen LogP) is 2.75. The number of aromatic carboxylic acids is 1. The van der Waals surface area contributed by atoms with Crippen LogP contribution in [0.4, 0.5) is 0 Å². The maximum atomic E-state index is 12.6. The van der Waals surface area contributed by atoms with E-state index >= 15 is 0 Å². The smallest absolute Gasteiger partial charge is 0.336 e. The van der Waals surface area contributed by atoms with Crippen LogP contribution in [0.15, 0.2) is 15.7 Å². The molecule has 0 radical (unpaired) electrons. The molecule has 0 fully saturated rings. The van der Waals surface area contributed by atoms with Gasteiger partial charge in [0, 0.05) is 18.5 Å². The number of carboxylic acid groups (broad SMARTS) is 1. The van der Waals surface area contributed by atoms with Gasteiger partial charge in [-0.25, -0.2) is 13.2 Å². The highest BCUT2D eigenvalue weighted by Gasteiger charge is 2.28. The van der Waals surface area contributed by atoms with Gasteiger partial charge < -0.3 is 5.11 Å². The lowest BCUT2D eigenvalue weighted by Crippen LogP contribution is -2.36. The molecule has 0 bridgehead atoms. The highest BCUT2D eigenvalue weighted by atomic mass is 32.2. The third-order valence-corrected chi connectivity index (χ3v) is 5.80. The Bertz CT molecular complexity index is 551. The van der Waals surface area contributed by atoms with E-state index in [1.165, 1.54) is 15.8 Å². The number of nitrogens with zero attached hydrogens (tertiary/aromatic N) is 1. The van der Waals surface area contributed by atoms with Crippen molar-refractivity contribution >= 4 is 27.3 Å². The molecular formula is C13H21NO4S2. The molecule has 0 aliphatic heterocycles. The summed E-state index contributed by atoms with van der Waals surface area (Å²) in [4.78, 5) is 10.9. The molecule has 0 aliphatic carbocycles. The Morgan fingerprint density at radius 3 is 2.10 bits per heavy atom. The minimum atomic E-state index is -3.62. The van der Waals surface area contributed by atoms with Crippen molar-refractivity contribution in [2.45, 2.75) is 31.9 Å². The van der Waals surface area contributed by atoms with Crippen molar-refractivity contribution in [1.82, 2.24) is 4.31 Å². The van der Waals surface area contributed by atoms with Crippen LogP contribution in [0.1, 0.15) is 38.1 Å². The van der Waals surface area contributed by atoms with E-state index in [-0.39, 0.29) is 21.6 Å². The Kier molecular flexibility index (Phi) is 5.73. The molecular weight excluding hydrogens is 298 g/mol. The normalized spacial score (nSPS) is 12.6. The van der Waals surface area contributed by atoms with Gasteiger partial charge in [0.25, 0.3) is 10.0 Å². The number of carbonyl (C=O) groups is 1. The van der Waals surface area contributed by atoms with Gasteiger partial charge in [0.1, 0.15) is 4.21 Å². The fourth-order valence-electron chi connectivity index (χ4n) is 1.78. The fraction of sp³-hybridized carbons (Fsp3) is 0.615. The highest BCUT2D eigenvalue weighted by Crippen LogP contribution is 2.25. The van der Waals surface area contributed by atoms with Gasteiger partial charge in [-0.2, -0.15) is 4.31 Å². The zero-order chi connectivity index (χ0) is 15.5. The summed E-state index contributed by atoms with van der Waals surface area (Å²) in [5.74, 6) is -0.688. The second-order valence-corrected chi connectivity index (χ2v) is 8.65. The second-order valence-electron chi connectivity index (χ2n) is 5.57.